The minimum Gasteiger partial charge on any atom is -0.434 e. The number of benzene rings is 1. The summed E-state index contributed by atoms with van der Waals surface area (Å²) in [5.41, 5.74) is 0.551. The fourth-order valence-corrected chi connectivity index (χ4v) is 2.53. The summed E-state index contributed by atoms with van der Waals surface area (Å²) in [7, 11) is 0. The van der Waals surface area contributed by atoms with Crippen molar-refractivity contribution in [1.29, 1.82) is 0 Å². The molecule has 1 heterocycles. The van der Waals surface area contributed by atoms with E-state index in [-0.39, 0.29) is 36.0 Å². The summed E-state index contributed by atoms with van der Waals surface area (Å²) >= 11 is 0. The average molecular weight is 335 g/mol. The Labute approximate surface area is 135 Å². The molecule has 1 aromatic carbocycles. The molecule has 2 rings (SSSR count). The normalized spacial score (nSPS) is 19.2. The highest BCUT2D eigenvalue weighted by atomic mass is 35.5. The standard InChI is InChI=1S/C15H20F2N2O2.ClH/c1-10(19-14(20)11-5-4-8-18-9-11)12-6-2-3-7-13(12)21-15(16)17;/h2-3,6-7,10-11,15,18H,4-5,8-9H2,1H3,(H,19,20);1H/t10?,11-;/m1./s1. The predicted octanol–water partition coefficient (Wildman–Crippen LogP) is 2.89. The summed E-state index contributed by atoms with van der Waals surface area (Å²) in [4.78, 5) is 12.2. The van der Waals surface area contributed by atoms with Gasteiger partial charge in [-0.1, -0.05) is 18.2 Å². The molecule has 0 aromatic heterocycles. The molecule has 2 atom stereocenters. The lowest BCUT2D eigenvalue weighted by molar-refractivity contribution is -0.126. The number of ether oxygens (including phenoxy) is 1. The quantitative estimate of drug-likeness (QED) is 0.870. The maximum Gasteiger partial charge on any atom is 0.387 e. The van der Waals surface area contributed by atoms with Crippen molar-refractivity contribution in [1.82, 2.24) is 10.6 Å². The molecule has 1 amide bonds. The van der Waals surface area contributed by atoms with Crippen LogP contribution in [0.5, 0.6) is 5.75 Å². The molecule has 1 fully saturated rings. The summed E-state index contributed by atoms with van der Waals surface area (Å²) in [6.07, 6.45) is 1.82. The first kappa shape index (κ1) is 18.6. The van der Waals surface area contributed by atoms with E-state index in [1.54, 1.807) is 25.1 Å². The van der Waals surface area contributed by atoms with Gasteiger partial charge in [0.25, 0.3) is 0 Å². The topological polar surface area (TPSA) is 50.4 Å². The Balaban J connectivity index is 0.00000242. The van der Waals surface area contributed by atoms with Gasteiger partial charge in [0.15, 0.2) is 0 Å². The third kappa shape index (κ3) is 5.10. The Morgan fingerprint density at radius 1 is 1.41 bits per heavy atom. The van der Waals surface area contributed by atoms with E-state index >= 15 is 0 Å². The molecule has 7 heteroatoms. The Bertz CT molecular complexity index is 482. The van der Waals surface area contributed by atoms with Crippen LogP contribution >= 0.6 is 12.4 Å². The summed E-state index contributed by atoms with van der Waals surface area (Å²) in [5.74, 6) is -0.0204. The van der Waals surface area contributed by atoms with Gasteiger partial charge in [-0.3, -0.25) is 4.79 Å². The van der Waals surface area contributed by atoms with Crippen molar-refractivity contribution in [2.24, 2.45) is 5.92 Å². The molecule has 1 unspecified atom stereocenters. The average Bonchev–Trinajstić information content (AvgIpc) is 2.48. The smallest absolute Gasteiger partial charge is 0.387 e. The number of piperidine rings is 1. The van der Waals surface area contributed by atoms with Crippen LogP contribution < -0.4 is 15.4 Å². The Hall–Kier alpha value is -1.40. The molecule has 1 aromatic rings. The van der Waals surface area contributed by atoms with E-state index in [2.05, 4.69) is 15.4 Å². The van der Waals surface area contributed by atoms with Crippen LogP contribution in [0.3, 0.4) is 0 Å². The number of carbonyl (C=O) groups excluding carboxylic acids is 1. The van der Waals surface area contributed by atoms with Gasteiger partial charge in [-0.2, -0.15) is 8.78 Å². The lowest BCUT2D eigenvalue weighted by atomic mass is 9.98. The first-order valence-electron chi connectivity index (χ1n) is 7.12. The molecule has 2 N–H and O–H groups in total. The predicted molar refractivity (Wildman–Crippen MR) is 82.5 cm³/mol. The first-order valence-corrected chi connectivity index (χ1v) is 7.12. The van der Waals surface area contributed by atoms with Crippen LogP contribution in [-0.2, 0) is 4.79 Å². The summed E-state index contributed by atoms with van der Waals surface area (Å²) < 4.78 is 29.3. The van der Waals surface area contributed by atoms with E-state index in [0.29, 0.717) is 12.1 Å². The van der Waals surface area contributed by atoms with Crippen molar-refractivity contribution in [3.63, 3.8) is 0 Å². The largest absolute Gasteiger partial charge is 0.434 e. The van der Waals surface area contributed by atoms with E-state index in [1.165, 1.54) is 6.07 Å². The second kappa shape index (κ2) is 8.90. The number of amides is 1. The van der Waals surface area contributed by atoms with Crippen LogP contribution in [0.1, 0.15) is 31.4 Å². The highest BCUT2D eigenvalue weighted by Crippen LogP contribution is 2.26. The van der Waals surface area contributed by atoms with Gasteiger partial charge in [0.1, 0.15) is 5.75 Å². The van der Waals surface area contributed by atoms with Gasteiger partial charge >= 0.3 is 6.61 Å². The zero-order valence-electron chi connectivity index (χ0n) is 12.4. The zero-order chi connectivity index (χ0) is 15.2. The molecule has 0 spiro atoms. The van der Waals surface area contributed by atoms with Gasteiger partial charge in [0.05, 0.1) is 12.0 Å². The van der Waals surface area contributed by atoms with Gasteiger partial charge in [-0.25, -0.2) is 0 Å². The molecule has 1 aliphatic rings. The molecule has 124 valence electrons. The molecule has 0 aliphatic carbocycles. The van der Waals surface area contributed by atoms with Crippen molar-refractivity contribution < 1.29 is 18.3 Å². The Kier molecular flexibility index (Phi) is 7.55. The molecule has 22 heavy (non-hydrogen) atoms. The number of alkyl halides is 2. The molecular weight excluding hydrogens is 314 g/mol. The SMILES string of the molecule is CC(NC(=O)[C@@H]1CCCNC1)c1ccccc1OC(F)F.Cl. The molecule has 0 radical (unpaired) electrons. The van der Waals surface area contributed by atoms with E-state index < -0.39 is 6.61 Å². The van der Waals surface area contributed by atoms with E-state index in [0.717, 1.165) is 19.4 Å². The molecular formula is C15H21ClF2N2O2. The van der Waals surface area contributed by atoms with Crippen LogP contribution in [0.25, 0.3) is 0 Å². The number of halogens is 3. The lowest BCUT2D eigenvalue weighted by Crippen LogP contribution is -2.41. The van der Waals surface area contributed by atoms with Crippen molar-refractivity contribution in [3.8, 4) is 5.75 Å². The molecule has 0 bridgehead atoms. The van der Waals surface area contributed by atoms with Crippen molar-refractivity contribution in [2.45, 2.75) is 32.4 Å². The number of carbonyl (C=O) groups is 1. The van der Waals surface area contributed by atoms with E-state index in [4.69, 9.17) is 0 Å². The minimum absolute atomic E-state index is 0. The Morgan fingerprint density at radius 3 is 2.77 bits per heavy atom. The highest BCUT2D eigenvalue weighted by molar-refractivity contribution is 5.85. The van der Waals surface area contributed by atoms with Crippen LogP contribution in [-0.4, -0.2) is 25.6 Å². The van der Waals surface area contributed by atoms with E-state index in [9.17, 15) is 13.6 Å². The number of rotatable bonds is 5. The first-order chi connectivity index (χ1) is 10.1. The summed E-state index contributed by atoms with van der Waals surface area (Å²) in [5, 5.41) is 6.06. The second-order valence-electron chi connectivity index (χ2n) is 5.19. The fourth-order valence-electron chi connectivity index (χ4n) is 2.53. The van der Waals surface area contributed by atoms with Gasteiger partial charge in [0, 0.05) is 12.1 Å². The summed E-state index contributed by atoms with van der Waals surface area (Å²) in [6.45, 7) is 0.483. The van der Waals surface area contributed by atoms with Gasteiger partial charge < -0.3 is 15.4 Å². The summed E-state index contributed by atoms with van der Waals surface area (Å²) in [6, 6.07) is 6.14. The number of para-hydroxylation sites is 1. The monoisotopic (exact) mass is 334 g/mol. The maximum absolute atomic E-state index is 12.4. The molecule has 1 aliphatic heterocycles. The third-order valence-corrected chi connectivity index (χ3v) is 3.63. The molecule has 4 nitrogen and oxygen atoms in total. The number of hydrogen-bond donors (Lipinski definition) is 2. The fraction of sp³-hybridized carbons (Fsp3) is 0.533. The van der Waals surface area contributed by atoms with Gasteiger partial charge in [-0.15, -0.1) is 12.4 Å². The van der Waals surface area contributed by atoms with E-state index in [1.807, 2.05) is 0 Å². The number of hydrogen-bond acceptors (Lipinski definition) is 3. The zero-order valence-corrected chi connectivity index (χ0v) is 13.2. The number of nitrogens with one attached hydrogen (secondary N) is 2. The highest BCUT2D eigenvalue weighted by Gasteiger charge is 2.23. The molecule has 1 saturated heterocycles. The van der Waals surface area contributed by atoms with Crippen molar-refractivity contribution >= 4 is 18.3 Å². The van der Waals surface area contributed by atoms with Crippen LogP contribution in [0, 0.1) is 5.92 Å². The van der Waals surface area contributed by atoms with Crippen LogP contribution in [0.4, 0.5) is 8.78 Å². The Morgan fingerprint density at radius 2 is 2.14 bits per heavy atom. The van der Waals surface area contributed by atoms with Crippen molar-refractivity contribution in [3.05, 3.63) is 29.8 Å². The minimum atomic E-state index is -2.88. The lowest BCUT2D eigenvalue weighted by Gasteiger charge is -2.25. The maximum atomic E-state index is 12.4. The van der Waals surface area contributed by atoms with Crippen molar-refractivity contribution in [2.75, 3.05) is 13.1 Å². The van der Waals surface area contributed by atoms with Crippen LogP contribution in [0.15, 0.2) is 24.3 Å². The second-order valence-corrected chi connectivity index (χ2v) is 5.19. The third-order valence-electron chi connectivity index (χ3n) is 3.63. The van der Waals surface area contributed by atoms with Gasteiger partial charge in [0.2, 0.25) is 5.91 Å². The molecule has 0 saturated carbocycles. The van der Waals surface area contributed by atoms with Crippen LogP contribution in [0.2, 0.25) is 0 Å². The van der Waals surface area contributed by atoms with Gasteiger partial charge in [-0.05, 0) is 32.4 Å².